The van der Waals surface area contributed by atoms with Crippen LogP contribution in [0.4, 0.5) is 10.5 Å². The first-order valence-electron chi connectivity index (χ1n) is 10.4. The normalized spacial score (nSPS) is 16.8. The molecule has 170 valence electrons. The Balaban J connectivity index is 1.87. The summed E-state index contributed by atoms with van der Waals surface area (Å²) >= 11 is 3.40. The number of carbonyl (C=O) groups is 3. The number of ether oxygens (including phenoxy) is 1. The van der Waals surface area contributed by atoms with Crippen molar-refractivity contribution < 1.29 is 24.2 Å². The largest absolute Gasteiger partial charge is 0.478 e. The number of aromatic carboxylic acids is 1. The summed E-state index contributed by atoms with van der Waals surface area (Å²) < 4.78 is 6.38. The van der Waals surface area contributed by atoms with E-state index < -0.39 is 11.6 Å². The van der Waals surface area contributed by atoms with Crippen LogP contribution >= 0.6 is 15.9 Å². The van der Waals surface area contributed by atoms with E-state index in [1.165, 1.54) is 6.07 Å². The number of anilines is 1. The maximum absolute atomic E-state index is 13.3. The van der Waals surface area contributed by atoms with Crippen LogP contribution in [-0.2, 0) is 16.1 Å². The van der Waals surface area contributed by atoms with Crippen LogP contribution < -0.4 is 4.90 Å². The molecule has 0 radical (unpaired) electrons. The smallest absolute Gasteiger partial charge is 0.336 e. The van der Waals surface area contributed by atoms with Gasteiger partial charge in [0.05, 0.1) is 12.0 Å². The van der Waals surface area contributed by atoms with Crippen LogP contribution in [0.5, 0.6) is 0 Å². The fraction of sp³-hybridized carbons (Fsp3) is 0.375. The van der Waals surface area contributed by atoms with Gasteiger partial charge in [0.2, 0.25) is 0 Å². The van der Waals surface area contributed by atoms with Gasteiger partial charge in [-0.2, -0.15) is 0 Å². The van der Waals surface area contributed by atoms with Gasteiger partial charge >= 0.3 is 18.0 Å². The van der Waals surface area contributed by atoms with Crippen molar-refractivity contribution in [3.8, 4) is 0 Å². The lowest BCUT2D eigenvalue weighted by Crippen LogP contribution is -2.53. The standard InChI is InChI=1S/C24H27BrN2O5/c1-24(2,3)32-21(28)12-16-13-26(15-17-6-4-5-7-20(17)22(29)30)23(31)27(14-16)19-10-8-18(25)9-11-19/h4-11,16H,12-15H2,1-3H3,(H,29,30). The third kappa shape index (κ3) is 6.09. The molecule has 2 amide bonds. The molecule has 1 N–H and O–H groups in total. The number of carbonyl (C=O) groups excluding carboxylic acids is 2. The second-order valence-electron chi connectivity index (χ2n) is 8.87. The molecule has 1 aliphatic rings. The third-order valence-electron chi connectivity index (χ3n) is 5.04. The monoisotopic (exact) mass is 502 g/mol. The number of amides is 2. The number of hydrogen-bond donors (Lipinski definition) is 1. The predicted molar refractivity (Wildman–Crippen MR) is 125 cm³/mol. The van der Waals surface area contributed by atoms with Crippen molar-refractivity contribution in [1.29, 1.82) is 0 Å². The molecule has 3 rings (SSSR count). The molecule has 1 saturated heterocycles. The second-order valence-corrected chi connectivity index (χ2v) is 9.78. The zero-order chi connectivity index (χ0) is 23.5. The molecule has 2 aromatic rings. The Morgan fingerprint density at radius 2 is 1.75 bits per heavy atom. The minimum absolute atomic E-state index is 0.138. The van der Waals surface area contributed by atoms with E-state index in [0.29, 0.717) is 24.3 Å². The minimum Gasteiger partial charge on any atom is -0.478 e. The van der Waals surface area contributed by atoms with E-state index in [2.05, 4.69) is 15.9 Å². The highest BCUT2D eigenvalue weighted by atomic mass is 79.9. The molecule has 0 saturated carbocycles. The van der Waals surface area contributed by atoms with E-state index in [-0.39, 0.29) is 36.4 Å². The zero-order valence-electron chi connectivity index (χ0n) is 18.4. The van der Waals surface area contributed by atoms with Gasteiger partial charge in [-0.3, -0.25) is 9.69 Å². The van der Waals surface area contributed by atoms with Gasteiger partial charge in [-0.25, -0.2) is 9.59 Å². The van der Waals surface area contributed by atoms with E-state index in [1.807, 2.05) is 45.0 Å². The summed E-state index contributed by atoms with van der Waals surface area (Å²) in [5, 5.41) is 9.52. The molecule has 1 unspecified atom stereocenters. The maximum Gasteiger partial charge on any atom is 0.336 e. The van der Waals surface area contributed by atoms with Crippen molar-refractivity contribution in [3.63, 3.8) is 0 Å². The van der Waals surface area contributed by atoms with E-state index >= 15 is 0 Å². The van der Waals surface area contributed by atoms with Crippen molar-refractivity contribution in [2.75, 3.05) is 18.0 Å². The third-order valence-corrected chi connectivity index (χ3v) is 5.57. The Bertz CT molecular complexity index is 1000. The Morgan fingerprint density at radius 3 is 2.38 bits per heavy atom. The fourth-order valence-corrected chi connectivity index (χ4v) is 4.01. The van der Waals surface area contributed by atoms with E-state index in [4.69, 9.17) is 4.74 Å². The van der Waals surface area contributed by atoms with Gasteiger partial charge < -0.3 is 14.7 Å². The Hall–Kier alpha value is -2.87. The first-order valence-corrected chi connectivity index (χ1v) is 11.2. The molecule has 7 nitrogen and oxygen atoms in total. The molecule has 1 fully saturated rings. The molecule has 0 aliphatic carbocycles. The van der Waals surface area contributed by atoms with Crippen LogP contribution in [0.3, 0.4) is 0 Å². The van der Waals surface area contributed by atoms with E-state index in [0.717, 1.165) is 4.47 Å². The van der Waals surface area contributed by atoms with Gasteiger partial charge in [-0.05, 0) is 56.7 Å². The maximum atomic E-state index is 13.3. The van der Waals surface area contributed by atoms with Crippen molar-refractivity contribution >= 4 is 39.6 Å². The molecule has 0 aromatic heterocycles. The molecule has 0 spiro atoms. The van der Waals surface area contributed by atoms with Crippen molar-refractivity contribution in [2.45, 2.75) is 39.3 Å². The fourth-order valence-electron chi connectivity index (χ4n) is 3.74. The van der Waals surface area contributed by atoms with Gasteiger partial charge in [0.25, 0.3) is 0 Å². The second kappa shape index (κ2) is 9.73. The van der Waals surface area contributed by atoms with Gasteiger partial charge in [-0.15, -0.1) is 0 Å². The lowest BCUT2D eigenvalue weighted by atomic mass is 9.99. The molecule has 1 atom stereocenters. The van der Waals surface area contributed by atoms with Crippen molar-refractivity contribution in [3.05, 3.63) is 64.1 Å². The molecule has 1 heterocycles. The average molecular weight is 503 g/mol. The first-order chi connectivity index (χ1) is 15.0. The molecular formula is C24H27BrN2O5. The van der Waals surface area contributed by atoms with Crippen molar-refractivity contribution in [1.82, 2.24) is 4.90 Å². The molecule has 2 aromatic carbocycles. The number of carboxylic acids is 1. The SMILES string of the molecule is CC(C)(C)OC(=O)CC1CN(Cc2ccccc2C(=O)O)C(=O)N(c2ccc(Br)cc2)C1. The summed E-state index contributed by atoms with van der Waals surface area (Å²) in [5.74, 6) is -1.53. The number of halogens is 1. The zero-order valence-corrected chi connectivity index (χ0v) is 20.0. The minimum atomic E-state index is -1.04. The van der Waals surface area contributed by atoms with Gasteiger partial charge in [0, 0.05) is 35.7 Å². The number of rotatable bonds is 6. The van der Waals surface area contributed by atoms with E-state index in [9.17, 15) is 19.5 Å². The summed E-state index contributed by atoms with van der Waals surface area (Å²) in [6, 6.07) is 13.8. The molecule has 32 heavy (non-hydrogen) atoms. The van der Waals surface area contributed by atoms with Crippen LogP contribution in [0.2, 0.25) is 0 Å². The van der Waals surface area contributed by atoms with Gasteiger partial charge in [-0.1, -0.05) is 34.1 Å². The number of esters is 1. The van der Waals surface area contributed by atoms with Crippen LogP contribution in [0, 0.1) is 5.92 Å². The van der Waals surface area contributed by atoms with Crippen molar-refractivity contribution in [2.24, 2.45) is 5.92 Å². The lowest BCUT2D eigenvalue weighted by molar-refractivity contribution is -0.156. The van der Waals surface area contributed by atoms with Crippen LogP contribution in [0.25, 0.3) is 0 Å². The topological polar surface area (TPSA) is 87.1 Å². The summed E-state index contributed by atoms with van der Waals surface area (Å²) in [6.07, 6.45) is 0.161. The summed E-state index contributed by atoms with van der Waals surface area (Å²) in [7, 11) is 0. The van der Waals surface area contributed by atoms with Gasteiger partial charge in [0.1, 0.15) is 5.60 Å². The number of urea groups is 1. The number of carboxylic acid groups (broad SMARTS) is 1. The van der Waals surface area contributed by atoms with Gasteiger partial charge in [0.15, 0.2) is 0 Å². The highest BCUT2D eigenvalue weighted by molar-refractivity contribution is 9.10. The number of hydrogen-bond acceptors (Lipinski definition) is 4. The molecule has 0 bridgehead atoms. The highest BCUT2D eigenvalue weighted by Gasteiger charge is 2.35. The molecular weight excluding hydrogens is 476 g/mol. The van der Waals surface area contributed by atoms with Crippen LogP contribution in [0.1, 0.15) is 43.1 Å². The molecule has 1 aliphatic heterocycles. The summed E-state index contributed by atoms with van der Waals surface area (Å²) in [6.45, 7) is 6.30. The first kappa shape index (κ1) is 23.8. The lowest BCUT2D eigenvalue weighted by Gasteiger charge is -2.40. The van der Waals surface area contributed by atoms with Crippen LogP contribution in [0.15, 0.2) is 53.0 Å². The highest BCUT2D eigenvalue weighted by Crippen LogP contribution is 2.28. The number of nitrogens with zero attached hydrogens (tertiary/aromatic N) is 2. The Kier molecular flexibility index (Phi) is 7.23. The Morgan fingerprint density at radius 1 is 1.09 bits per heavy atom. The van der Waals surface area contributed by atoms with Crippen LogP contribution in [-0.4, -0.2) is 46.7 Å². The summed E-state index contributed by atoms with van der Waals surface area (Å²) in [5.41, 5.74) is 0.822. The number of benzene rings is 2. The Labute approximate surface area is 196 Å². The quantitative estimate of drug-likeness (QED) is 0.565. The molecule has 8 heteroatoms. The predicted octanol–water partition coefficient (Wildman–Crippen LogP) is 4.94. The van der Waals surface area contributed by atoms with E-state index in [1.54, 1.807) is 28.0 Å². The average Bonchev–Trinajstić information content (AvgIpc) is 2.70. The summed E-state index contributed by atoms with van der Waals surface area (Å²) in [4.78, 5) is 40.7.